The Morgan fingerprint density at radius 2 is 1.68 bits per heavy atom. The topological polar surface area (TPSA) is 114 Å². The Morgan fingerprint density at radius 3 is 2.29 bits per heavy atom. The fourth-order valence-corrected chi connectivity index (χ4v) is 3.07. The Bertz CT molecular complexity index is 965. The van der Waals surface area contributed by atoms with Gasteiger partial charge in [0.25, 0.3) is 5.91 Å². The van der Waals surface area contributed by atoms with E-state index in [-0.39, 0.29) is 18.5 Å². The van der Waals surface area contributed by atoms with Crippen molar-refractivity contribution >= 4 is 21.8 Å². The van der Waals surface area contributed by atoms with Crippen molar-refractivity contribution in [2.24, 2.45) is 0 Å². The molecule has 28 heavy (non-hydrogen) atoms. The first-order valence-corrected chi connectivity index (χ1v) is 9.39. The molecular formula is C17H17F2N3O5S. The van der Waals surface area contributed by atoms with Gasteiger partial charge in [0.15, 0.2) is 11.6 Å². The number of ether oxygens (including phenoxy) is 1. The van der Waals surface area contributed by atoms with E-state index in [1.807, 2.05) is 0 Å². The molecule has 0 heterocycles. The second-order valence-corrected chi connectivity index (χ2v) is 7.22. The first-order chi connectivity index (χ1) is 13.2. The Morgan fingerprint density at radius 1 is 1.00 bits per heavy atom. The molecule has 0 bridgehead atoms. The lowest BCUT2D eigenvalue weighted by molar-refractivity contribution is -0.121. The lowest BCUT2D eigenvalue weighted by Gasteiger charge is -2.09. The predicted molar refractivity (Wildman–Crippen MR) is 94.8 cm³/mol. The largest absolute Gasteiger partial charge is 0.497 e. The number of nitrogens with one attached hydrogen (secondary N) is 3. The molecular weight excluding hydrogens is 396 g/mol. The van der Waals surface area contributed by atoms with Crippen LogP contribution in [-0.2, 0) is 14.8 Å². The quantitative estimate of drug-likeness (QED) is 0.589. The lowest BCUT2D eigenvalue weighted by atomic mass is 10.2. The monoisotopic (exact) mass is 413 g/mol. The van der Waals surface area contributed by atoms with Gasteiger partial charge in [-0.2, -0.15) is 0 Å². The van der Waals surface area contributed by atoms with E-state index >= 15 is 0 Å². The third kappa shape index (κ3) is 5.72. The first kappa shape index (κ1) is 21.3. The molecule has 2 amide bonds. The average molecular weight is 413 g/mol. The molecule has 0 atom stereocenters. The number of amides is 2. The van der Waals surface area contributed by atoms with Crippen LogP contribution in [0.5, 0.6) is 5.75 Å². The highest BCUT2D eigenvalue weighted by molar-refractivity contribution is 7.89. The number of hydrogen-bond acceptors (Lipinski definition) is 5. The lowest BCUT2D eigenvalue weighted by Crippen LogP contribution is -2.42. The van der Waals surface area contributed by atoms with Crippen molar-refractivity contribution in [2.75, 3.05) is 13.7 Å². The number of hydrogen-bond donors (Lipinski definition) is 3. The molecule has 0 aliphatic carbocycles. The number of sulfonamides is 1. The predicted octanol–water partition coefficient (Wildman–Crippen LogP) is 1.10. The van der Waals surface area contributed by atoms with Crippen molar-refractivity contribution in [1.82, 2.24) is 15.6 Å². The zero-order valence-electron chi connectivity index (χ0n) is 14.7. The summed E-state index contributed by atoms with van der Waals surface area (Å²) >= 11 is 0. The summed E-state index contributed by atoms with van der Waals surface area (Å²) in [6.45, 7) is -0.314. The third-order valence-electron chi connectivity index (χ3n) is 3.51. The number of carbonyl (C=O) groups excluding carboxylic acids is 2. The maximum atomic E-state index is 13.1. The van der Waals surface area contributed by atoms with E-state index in [4.69, 9.17) is 4.74 Å². The smallest absolute Gasteiger partial charge is 0.269 e. The van der Waals surface area contributed by atoms with E-state index in [1.54, 1.807) is 12.1 Å². The Hall–Kier alpha value is -3.05. The zero-order chi connectivity index (χ0) is 20.7. The maximum absolute atomic E-state index is 13.1. The van der Waals surface area contributed by atoms with Crippen molar-refractivity contribution in [1.29, 1.82) is 0 Å². The number of carbonyl (C=O) groups is 2. The molecule has 8 nitrogen and oxygen atoms in total. The molecule has 11 heteroatoms. The molecule has 2 aromatic rings. The van der Waals surface area contributed by atoms with Gasteiger partial charge in [-0.1, -0.05) is 0 Å². The van der Waals surface area contributed by atoms with Crippen LogP contribution in [0.25, 0.3) is 0 Å². The van der Waals surface area contributed by atoms with Gasteiger partial charge in [-0.05, 0) is 42.5 Å². The van der Waals surface area contributed by atoms with Crippen molar-refractivity contribution in [3.63, 3.8) is 0 Å². The summed E-state index contributed by atoms with van der Waals surface area (Å²) in [5, 5.41) is 0. The molecule has 0 saturated carbocycles. The van der Waals surface area contributed by atoms with Gasteiger partial charge in [0.2, 0.25) is 15.9 Å². The van der Waals surface area contributed by atoms with Crippen LogP contribution in [0.15, 0.2) is 47.4 Å². The van der Waals surface area contributed by atoms with E-state index < -0.39 is 38.4 Å². The minimum atomic E-state index is -4.11. The summed E-state index contributed by atoms with van der Waals surface area (Å²) in [6.07, 6.45) is -0.300. The average Bonchev–Trinajstić information content (AvgIpc) is 2.68. The van der Waals surface area contributed by atoms with Gasteiger partial charge in [0.1, 0.15) is 5.75 Å². The van der Waals surface area contributed by atoms with Gasteiger partial charge in [0.05, 0.1) is 12.0 Å². The fourth-order valence-electron chi connectivity index (χ4n) is 2.03. The van der Waals surface area contributed by atoms with E-state index in [0.717, 1.165) is 6.07 Å². The number of benzene rings is 2. The Kier molecular flexibility index (Phi) is 7.01. The molecule has 0 radical (unpaired) electrons. The summed E-state index contributed by atoms with van der Waals surface area (Å²) in [6, 6.07) is 8.26. The van der Waals surface area contributed by atoms with Crippen LogP contribution in [-0.4, -0.2) is 33.9 Å². The molecule has 0 aliphatic heterocycles. The number of methoxy groups -OCH3 is 1. The number of halogens is 2. The number of rotatable bonds is 7. The minimum Gasteiger partial charge on any atom is -0.497 e. The van der Waals surface area contributed by atoms with Crippen LogP contribution in [0.1, 0.15) is 16.8 Å². The van der Waals surface area contributed by atoms with Crippen molar-refractivity contribution in [3.05, 3.63) is 59.7 Å². The van der Waals surface area contributed by atoms with Gasteiger partial charge < -0.3 is 4.74 Å². The Labute approximate surface area is 159 Å². The van der Waals surface area contributed by atoms with Crippen molar-refractivity contribution in [2.45, 2.75) is 11.3 Å². The fraction of sp³-hybridized carbons (Fsp3) is 0.176. The molecule has 2 aromatic carbocycles. The summed E-state index contributed by atoms with van der Waals surface area (Å²) in [5.74, 6) is -3.14. The van der Waals surface area contributed by atoms with E-state index in [0.29, 0.717) is 17.9 Å². The van der Waals surface area contributed by atoms with Crippen LogP contribution in [0.3, 0.4) is 0 Å². The highest BCUT2D eigenvalue weighted by atomic mass is 32.2. The summed E-state index contributed by atoms with van der Waals surface area (Å²) < 4.78 is 57.0. The van der Waals surface area contributed by atoms with Crippen LogP contribution in [0, 0.1) is 11.6 Å². The second-order valence-electron chi connectivity index (χ2n) is 5.45. The Balaban J connectivity index is 1.80. The number of hydrazine groups is 1. The molecule has 0 unspecified atom stereocenters. The van der Waals surface area contributed by atoms with Crippen molar-refractivity contribution in [3.8, 4) is 5.75 Å². The van der Waals surface area contributed by atoms with Crippen LogP contribution in [0.4, 0.5) is 8.78 Å². The van der Waals surface area contributed by atoms with Gasteiger partial charge in [-0.3, -0.25) is 20.4 Å². The van der Waals surface area contributed by atoms with Crippen LogP contribution >= 0.6 is 0 Å². The molecule has 0 saturated heterocycles. The molecule has 0 spiro atoms. The van der Waals surface area contributed by atoms with E-state index in [1.165, 1.54) is 19.2 Å². The zero-order valence-corrected chi connectivity index (χ0v) is 15.5. The molecule has 150 valence electrons. The minimum absolute atomic E-state index is 0.278. The molecule has 3 N–H and O–H groups in total. The summed E-state index contributed by atoms with van der Waals surface area (Å²) in [5.41, 5.74) is 4.60. The summed E-state index contributed by atoms with van der Waals surface area (Å²) in [7, 11) is -2.63. The van der Waals surface area contributed by atoms with Gasteiger partial charge in [0, 0.05) is 18.5 Å². The molecule has 0 fully saturated rings. The SMILES string of the molecule is COc1ccc(C(=O)NNC(=O)CCNS(=O)(=O)c2ccc(F)c(F)c2)cc1. The standard InChI is InChI=1S/C17H17F2N3O5S/c1-27-12-4-2-11(3-5-12)17(24)22-21-16(23)8-9-20-28(25,26)13-6-7-14(18)15(19)10-13/h2-7,10,20H,8-9H2,1H3,(H,21,23)(H,22,24). The highest BCUT2D eigenvalue weighted by Crippen LogP contribution is 2.13. The molecule has 2 rings (SSSR count). The third-order valence-corrected chi connectivity index (χ3v) is 4.97. The molecule has 0 aromatic heterocycles. The normalized spacial score (nSPS) is 11.0. The summed E-state index contributed by atoms with van der Waals surface area (Å²) in [4.78, 5) is 23.1. The van der Waals surface area contributed by atoms with E-state index in [9.17, 15) is 26.8 Å². The second kappa shape index (κ2) is 9.24. The van der Waals surface area contributed by atoms with Crippen LogP contribution < -0.4 is 20.3 Å². The molecule has 0 aliphatic rings. The van der Waals surface area contributed by atoms with Crippen molar-refractivity contribution < 1.29 is 31.5 Å². The van der Waals surface area contributed by atoms with Gasteiger partial charge >= 0.3 is 0 Å². The van der Waals surface area contributed by atoms with E-state index in [2.05, 4.69) is 15.6 Å². The highest BCUT2D eigenvalue weighted by Gasteiger charge is 2.16. The maximum Gasteiger partial charge on any atom is 0.269 e. The first-order valence-electron chi connectivity index (χ1n) is 7.91. The van der Waals surface area contributed by atoms with Gasteiger partial charge in [-0.25, -0.2) is 21.9 Å². The van der Waals surface area contributed by atoms with Crippen LogP contribution in [0.2, 0.25) is 0 Å². The van der Waals surface area contributed by atoms with Gasteiger partial charge in [-0.15, -0.1) is 0 Å².